The van der Waals surface area contributed by atoms with E-state index < -0.39 is 53.1 Å². The molecule has 1 rings (SSSR count). The molecule has 0 amide bonds. The summed E-state index contributed by atoms with van der Waals surface area (Å²) < 4.78 is 183. The molecule has 0 aliphatic carbocycles. The molecule has 0 N–H and O–H groups in total. The Morgan fingerprint density at radius 3 is 1.30 bits per heavy atom. The standard InChI is InChI=1S/C8HF14NO3.Na/c9-2(1(24)25,3(10,11)12)4(13,14)23-5(15,16)7(19,20)26-8(21,22)6(23,17)18;/h(H,24,25);/q;+1/p-1. The zero-order valence-electron chi connectivity index (χ0n) is 12.0. The Bertz CT molecular complexity index is 580. The first-order valence-corrected chi connectivity index (χ1v) is 5.38. The van der Waals surface area contributed by atoms with Crippen LogP contribution in [0.4, 0.5) is 61.5 Å². The Morgan fingerprint density at radius 1 is 0.778 bits per heavy atom. The number of morpholine rings is 1. The van der Waals surface area contributed by atoms with Gasteiger partial charge in [0.1, 0.15) is 0 Å². The van der Waals surface area contributed by atoms with Gasteiger partial charge in [-0.05, 0) is 0 Å². The van der Waals surface area contributed by atoms with Gasteiger partial charge in [0, 0.05) is 0 Å². The van der Waals surface area contributed by atoms with Crippen molar-refractivity contribution in [2.75, 3.05) is 0 Å². The molecule has 19 heteroatoms. The normalized spacial score (nSPS) is 26.6. The first kappa shape index (κ1) is 26.4. The minimum absolute atomic E-state index is 0. The first-order valence-electron chi connectivity index (χ1n) is 5.38. The summed E-state index contributed by atoms with van der Waals surface area (Å²) in [6.45, 7) is 0. The summed E-state index contributed by atoms with van der Waals surface area (Å²) in [5.41, 5.74) is -7.55. The average Bonchev–Trinajstić information content (AvgIpc) is 2.31. The van der Waals surface area contributed by atoms with E-state index >= 15 is 0 Å². The summed E-state index contributed by atoms with van der Waals surface area (Å²) >= 11 is 0. The number of carbonyl (C=O) groups excluding carboxylic acids is 1. The van der Waals surface area contributed by atoms with Crippen molar-refractivity contribution in [1.82, 2.24) is 4.90 Å². The van der Waals surface area contributed by atoms with Crippen LogP contribution >= 0.6 is 0 Å². The number of rotatable bonds is 3. The van der Waals surface area contributed by atoms with Gasteiger partial charge in [-0.25, -0.2) is 9.13 Å². The Labute approximate surface area is 159 Å². The number of nitrogens with zero attached hydrogens (tertiary/aromatic N) is 1. The minimum atomic E-state index is -7.95. The van der Waals surface area contributed by atoms with Crippen molar-refractivity contribution < 1.29 is 106 Å². The Kier molecular flexibility index (Phi) is 6.32. The van der Waals surface area contributed by atoms with Crippen LogP contribution in [0.3, 0.4) is 0 Å². The first-order chi connectivity index (χ1) is 11.0. The van der Waals surface area contributed by atoms with Crippen LogP contribution in [0.15, 0.2) is 0 Å². The maximum Gasteiger partial charge on any atom is 1.00 e. The zero-order valence-corrected chi connectivity index (χ0v) is 14.0. The topological polar surface area (TPSA) is 52.6 Å². The van der Waals surface area contributed by atoms with Crippen LogP contribution < -0.4 is 34.7 Å². The molecule has 1 fully saturated rings. The van der Waals surface area contributed by atoms with Crippen molar-refractivity contribution in [1.29, 1.82) is 0 Å². The molecule has 1 unspecified atom stereocenters. The van der Waals surface area contributed by atoms with Crippen molar-refractivity contribution in [2.45, 2.75) is 42.2 Å². The van der Waals surface area contributed by atoms with Crippen molar-refractivity contribution >= 4 is 5.97 Å². The van der Waals surface area contributed by atoms with Crippen LogP contribution in [-0.2, 0) is 9.53 Å². The second-order valence-corrected chi connectivity index (χ2v) is 4.54. The third-order valence-corrected chi connectivity index (χ3v) is 2.89. The number of carbonyl (C=O) groups is 1. The summed E-state index contributed by atoms with van der Waals surface area (Å²) in [5, 5.41) is 10.1. The number of aliphatic carboxylic acids is 1. The van der Waals surface area contributed by atoms with Crippen molar-refractivity contribution in [3.8, 4) is 0 Å². The number of carboxylic acid groups (broad SMARTS) is 1. The monoisotopic (exact) mass is 447 g/mol. The van der Waals surface area contributed by atoms with Gasteiger partial charge in [-0.15, -0.1) is 4.90 Å². The predicted molar refractivity (Wildman–Crippen MR) is 42.6 cm³/mol. The molecule has 0 spiro atoms. The van der Waals surface area contributed by atoms with E-state index in [2.05, 4.69) is 0 Å². The van der Waals surface area contributed by atoms with Gasteiger partial charge in [0.2, 0.25) is 0 Å². The van der Waals surface area contributed by atoms with Gasteiger partial charge in [-0.3, -0.25) is 0 Å². The maximum atomic E-state index is 13.5. The molecule has 154 valence electrons. The summed E-state index contributed by atoms with van der Waals surface area (Å²) in [7, 11) is 0. The SMILES string of the molecule is O=C([O-])C(F)(C(F)(F)F)C(F)(F)N1C(F)(F)C(F)(F)OC(F)(F)C1(F)F.[Na+]. The second kappa shape index (κ2) is 6.46. The fraction of sp³-hybridized carbons (Fsp3) is 0.875. The number of halogens is 14. The van der Waals surface area contributed by atoms with E-state index in [9.17, 15) is 71.4 Å². The molecule has 0 aromatic rings. The Balaban J connectivity index is 0.00000676. The molecular weight excluding hydrogens is 447 g/mol. The molecule has 1 heterocycles. The molecule has 0 bridgehead atoms. The number of alkyl halides is 14. The van der Waals surface area contributed by atoms with E-state index in [-0.39, 0.29) is 29.6 Å². The molecule has 4 nitrogen and oxygen atoms in total. The average molecular weight is 447 g/mol. The van der Waals surface area contributed by atoms with Gasteiger partial charge in [0.15, 0.2) is 0 Å². The van der Waals surface area contributed by atoms with E-state index in [1.165, 1.54) is 0 Å². The van der Waals surface area contributed by atoms with Crippen LogP contribution in [0.5, 0.6) is 0 Å². The van der Waals surface area contributed by atoms with Crippen LogP contribution in [0, 0.1) is 0 Å². The third-order valence-electron chi connectivity index (χ3n) is 2.89. The molecule has 1 aliphatic rings. The summed E-state index contributed by atoms with van der Waals surface area (Å²) in [6, 6.07) is -22.9. The third kappa shape index (κ3) is 3.25. The molecule has 1 saturated heterocycles. The van der Waals surface area contributed by atoms with E-state index in [1.54, 1.807) is 4.74 Å². The molecule has 0 aromatic carbocycles. The largest absolute Gasteiger partial charge is 1.00 e. The van der Waals surface area contributed by atoms with Crippen LogP contribution in [0.2, 0.25) is 0 Å². The summed E-state index contributed by atoms with van der Waals surface area (Å²) in [6.07, 6.45) is -21.6. The quantitative estimate of drug-likeness (QED) is 0.327. The fourth-order valence-corrected chi connectivity index (χ4v) is 1.64. The van der Waals surface area contributed by atoms with Crippen molar-refractivity contribution in [3.05, 3.63) is 0 Å². The van der Waals surface area contributed by atoms with Gasteiger partial charge in [-0.1, -0.05) is 0 Å². The molecule has 0 aromatic heterocycles. The van der Waals surface area contributed by atoms with Crippen LogP contribution in [0.1, 0.15) is 0 Å². The number of hydrogen-bond donors (Lipinski definition) is 0. The van der Waals surface area contributed by atoms with Crippen LogP contribution in [-0.4, -0.2) is 53.1 Å². The van der Waals surface area contributed by atoms with E-state index in [4.69, 9.17) is 0 Å². The fourth-order valence-electron chi connectivity index (χ4n) is 1.64. The zero-order chi connectivity index (χ0) is 21.4. The minimum Gasteiger partial charge on any atom is -0.546 e. The maximum absolute atomic E-state index is 13.5. The van der Waals surface area contributed by atoms with Gasteiger partial charge in [0.05, 0.1) is 5.97 Å². The second-order valence-electron chi connectivity index (χ2n) is 4.54. The summed E-state index contributed by atoms with van der Waals surface area (Å²) in [5.74, 6) is -4.71. The number of carboxylic acids is 1. The van der Waals surface area contributed by atoms with E-state index in [0.29, 0.717) is 0 Å². The Morgan fingerprint density at radius 2 is 1.07 bits per heavy atom. The number of ether oxygens (including phenoxy) is 1. The molecular formula is C8F14NNaO3. The Hall–Kier alpha value is -0.590. The molecule has 0 radical (unpaired) electrons. The van der Waals surface area contributed by atoms with Gasteiger partial charge in [-0.2, -0.15) is 57.1 Å². The van der Waals surface area contributed by atoms with Gasteiger partial charge in [0.25, 0.3) is 0 Å². The smallest absolute Gasteiger partial charge is 0.546 e. The van der Waals surface area contributed by atoms with Crippen LogP contribution in [0.25, 0.3) is 0 Å². The van der Waals surface area contributed by atoms with Crippen molar-refractivity contribution in [2.24, 2.45) is 0 Å². The van der Waals surface area contributed by atoms with E-state index in [1.807, 2.05) is 0 Å². The summed E-state index contributed by atoms with van der Waals surface area (Å²) in [4.78, 5) is 5.88. The number of hydrogen-bond acceptors (Lipinski definition) is 4. The van der Waals surface area contributed by atoms with E-state index in [0.717, 1.165) is 0 Å². The van der Waals surface area contributed by atoms with Gasteiger partial charge >= 0.3 is 71.8 Å². The predicted octanol–water partition coefficient (Wildman–Crippen LogP) is -0.693. The molecule has 1 aliphatic heterocycles. The molecule has 27 heavy (non-hydrogen) atoms. The van der Waals surface area contributed by atoms with Crippen molar-refractivity contribution in [3.63, 3.8) is 0 Å². The molecule has 1 atom stereocenters. The van der Waals surface area contributed by atoms with Gasteiger partial charge < -0.3 is 9.90 Å². The molecule has 0 saturated carbocycles.